The Kier molecular flexibility index (Phi) is 13.2. The molecule has 0 bridgehead atoms. The average molecular weight is 313 g/mol. The summed E-state index contributed by atoms with van der Waals surface area (Å²) in [5, 5.41) is 9.04. The molecular formula is C20H40O2. The fourth-order valence-corrected chi connectivity index (χ4v) is 3.52. The van der Waals surface area contributed by atoms with Gasteiger partial charge in [-0.25, -0.2) is 0 Å². The maximum absolute atomic E-state index is 9.04. The molecule has 0 aromatic heterocycles. The van der Waals surface area contributed by atoms with Crippen molar-refractivity contribution in [1.82, 2.24) is 0 Å². The highest BCUT2D eigenvalue weighted by Gasteiger charge is 2.23. The molecule has 2 heteroatoms. The molecule has 0 amide bonds. The summed E-state index contributed by atoms with van der Waals surface area (Å²) in [7, 11) is 0. The van der Waals surface area contributed by atoms with Gasteiger partial charge in [0.05, 0.1) is 18.8 Å². The van der Waals surface area contributed by atoms with Crippen LogP contribution >= 0.6 is 0 Å². The summed E-state index contributed by atoms with van der Waals surface area (Å²) in [6.45, 7) is 2.49. The van der Waals surface area contributed by atoms with Gasteiger partial charge >= 0.3 is 0 Å². The van der Waals surface area contributed by atoms with Crippen molar-refractivity contribution in [2.75, 3.05) is 6.61 Å². The molecule has 0 aromatic rings. The lowest BCUT2D eigenvalue weighted by atomic mass is 10.0. The zero-order valence-corrected chi connectivity index (χ0v) is 15.0. The van der Waals surface area contributed by atoms with E-state index in [9.17, 15) is 0 Å². The van der Waals surface area contributed by atoms with E-state index in [2.05, 4.69) is 6.92 Å². The molecule has 0 aromatic carbocycles. The van der Waals surface area contributed by atoms with Gasteiger partial charge in [-0.2, -0.15) is 0 Å². The first-order chi connectivity index (χ1) is 10.9. The monoisotopic (exact) mass is 312 g/mol. The minimum absolute atomic E-state index is 0.131. The first-order valence-corrected chi connectivity index (χ1v) is 10.1. The van der Waals surface area contributed by atoms with E-state index in [-0.39, 0.29) is 12.7 Å². The topological polar surface area (TPSA) is 29.5 Å². The molecule has 2 nitrogen and oxygen atoms in total. The van der Waals surface area contributed by atoms with Gasteiger partial charge < -0.3 is 9.84 Å². The number of aliphatic hydroxyl groups excluding tert-OH is 1. The van der Waals surface area contributed by atoms with Crippen molar-refractivity contribution in [3.8, 4) is 0 Å². The van der Waals surface area contributed by atoms with Crippen LogP contribution in [0.3, 0.4) is 0 Å². The molecule has 1 rings (SSSR count). The molecule has 1 saturated heterocycles. The Hall–Kier alpha value is -0.0800. The third-order valence-corrected chi connectivity index (χ3v) is 5.03. The minimum atomic E-state index is 0.131. The second kappa shape index (κ2) is 14.5. The highest BCUT2D eigenvalue weighted by atomic mass is 16.5. The molecule has 0 unspecified atom stereocenters. The predicted molar refractivity (Wildman–Crippen MR) is 95.3 cm³/mol. The number of hydrogen-bond donors (Lipinski definition) is 1. The fourth-order valence-electron chi connectivity index (χ4n) is 3.52. The molecule has 22 heavy (non-hydrogen) atoms. The number of aliphatic hydroxyl groups is 1. The Bertz CT molecular complexity index is 230. The van der Waals surface area contributed by atoms with E-state index in [1.807, 2.05) is 0 Å². The third kappa shape index (κ3) is 10.6. The summed E-state index contributed by atoms with van der Waals surface area (Å²) >= 11 is 0. The van der Waals surface area contributed by atoms with Gasteiger partial charge in [-0.15, -0.1) is 0 Å². The molecule has 0 spiro atoms. The molecule has 0 radical (unpaired) electrons. The number of rotatable bonds is 15. The zero-order chi connectivity index (χ0) is 15.9. The highest BCUT2D eigenvalue weighted by Crippen LogP contribution is 2.23. The van der Waals surface area contributed by atoms with Gasteiger partial charge in [-0.05, 0) is 19.3 Å². The van der Waals surface area contributed by atoms with Crippen LogP contribution in [0.5, 0.6) is 0 Å². The van der Waals surface area contributed by atoms with E-state index in [1.54, 1.807) is 0 Å². The van der Waals surface area contributed by atoms with Crippen molar-refractivity contribution >= 4 is 0 Å². The Morgan fingerprint density at radius 3 is 1.59 bits per heavy atom. The molecule has 132 valence electrons. The van der Waals surface area contributed by atoms with Gasteiger partial charge in [0.25, 0.3) is 0 Å². The third-order valence-electron chi connectivity index (χ3n) is 5.03. The van der Waals surface area contributed by atoms with Gasteiger partial charge in [0.1, 0.15) is 0 Å². The Labute approximate surface area is 139 Å². The molecule has 0 saturated carbocycles. The summed E-state index contributed by atoms with van der Waals surface area (Å²) in [6, 6.07) is 0. The van der Waals surface area contributed by atoms with Crippen LogP contribution in [0.4, 0.5) is 0 Å². The Balaban J connectivity index is 1.72. The summed E-state index contributed by atoms with van der Waals surface area (Å²) in [4.78, 5) is 0. The molecule has 1 aliphatic rings. The first kappa shape index (κ1) is 20.0. The number of unbranched alkanes of at least 4 members (excludes halogenated alkanes) is 12. The largest absolute Gasteiger partial charge is 0.394 e. The van der Waals surface area contributed by atoms with Crippen molar-refractivity contribution in [1.29, 1.82) is 0 Å². The Morgan fingerprint density at radius 1 is 0.682 bits per heavy atom. The highest BCUT2D eigenvalue weighted by molar-refractivity contribution is 4.72. The molecule has 0 aliphatic carbocycles. The van der Waals surface area contributed by atoms with E-state index in [1.165, 1.54) is 89.9 Å². The van der Waals surface area contributed by atoms with Crippen molar-refractivity contribution < 1.29 is 9.84 Å². The zero-order valence-electron chi connectivity index (χ0n) is 15.0. The molecular weight excluding hydrogens is 272 g/mol. The lowest BCUT2D eigenvalue weighted by Crippen LogP contribution is -2.14. The predicted octanol–water partition coefficient (Wildman–Crippen LogP) is 6.01. The molecule has 1 aliphatic heterocycles. The van der Waals surface area contributed by atoms with Gasteiger partial charge in [-0.1, -0.05) is 90.4 Å². The standard InChI is InChI=1S/C20H40O2/c1-2-3-4-5-6-7-8-9-10-11-12-13-14-15-19-16-17-20(18-21)22-19/h19-21H,2-18H2,1H3/t19-,20-/m1/s1. The summed E-state index contributed by atoms with van der Waals surface area (Å²) in [5.41, 5.74) is 0. The minimum Gasteiger partial charge on any atom is -0.394 e. The molecule has 2 atom stereocenters. The molecule has 1 heterocycles. The van der Waals surface area contributed by atoms with Crippen LogP contribution in [0.25, 0.3) is 0 Å². The fraction of sp³-hybridized carbons (Fsp3) is 1.00. The number of ether oxygens (including phenoxy) is 1. The first-order valence-electron chi connectivity index (χ1n) is 10.1. The quantitative estimate of drug-likeness (QED) is 0.375. The average Bonchev–Trinajstić information content (AvgIpc) is 3.00. The van der Waals surface area contributed by atoms with Crippen LogP contribution in [-0.2, 0) is 4.74 Å². The van der Waals surface area contributed by atoms with E-state index in [0.717, 1.165) is 12.8 Å². The van der Waals surface area contributed by atoms with Crippen LogP contribution < -0.4 is 0 Å². The Morgan fingerprint density at radius 2 is 1.14 bits per heavy atom. The number of hydrogen-bond acceptors (Lipinski definition) is 2. The van der Waals surface area contributed by atoms with Gasteiger partial charge in [0.15, 0.2) is 0 Å². The van der Waals surface area contributed by atoms with E-state index < -0.39 is 0 Å². The molecule has 1 N–H and O–H groups in total. The maximum atomic E-state index is 9.04. The summed E-state index contributed by atoms with van der Waals surface area (Å²) in [5.74, 6) is 0. The lowest BCUT2D eigenvalue weighted by molar-refractivity contribution is 0.00758. The SMILES string of the molecule is CCCCCCCCCCCCCCC[C@@H]1CC[C@H](CO)O1. The van der Waals surface area contributed by atoms with Gasteiger partial charge in [-0.3, -0.25) is 0 Å². The van der Waals surface area contributed by atoms with E-state index in [0.29, 0.717) is 6.10 Å². The van der Waals surface area contributed by atoms with Gasteiger partial charge in [0.2, 0.25) is 0 Å². The van der Waals surface area contributed by atoms with E-state index >= 15 is 0 Å². The second-order valence-corrected chi connectivity index (χ2v) is 7.17. The molecule has 1 fully saturated rings. The van der Waals surface area contributed by atoms with Crippen LogP contribution in [0.15, 0.2) is 0 Å². The smallest absolute Gasteiger partial charge is 0.0810 e. The summed E-state index contributed by atoms with van der Waals surface area (Å²) < 4.78 is 5.77. The normalized spacial score (nSPS) is 21.5. The van der Waals surface area contributed by atoms with Crippen molar-refractivity contribution in [2.45, 2.75) is 122 Å². The van der Waals surface area contributed by atoms with E-state index in [4.69, 9.17) is 9.84 Å². The van der Waals surface area contributed by atoms with Crippen molar-refractivity contribution in [3.63, 3.8) is 0 Å². The maximum Gasteiger partial charge on any atom is 0.0810 e. The van der Waals surface area contributed by atoms with Crippen LogP contribution in [0, 0.1) is 0 Å². The van der Waals surface area contributed by atoms with Crippen molar-refractivity contribution in [2.24, 2.45) is 0 Å². The van der Waals surface area contributed by atoms with Crippen LogP contribution in [0.2, 0.25) is 0 Å². The lowest BCUT2D eigenvalue weighted by Gasteiger charge is -2.11. The van der Waals surface area contributed by atoms with Crippen LogP contribution in [0.1, 0.15) is 110 Å². The van der Waals surface area contributed by atoms with Gasteiger partial charge in [0, 0.05) is 0 Å². The van der Waals surface area contributed by atoms with Crippen molar-refractivity contribution in [3.05, 3.63) is 0 Å². The second-order valence-electron chi connectivity index (χ2n) is 7.17. The summed E-state index contributed by atoms with van der Waals surface area (Å²) in [6.07, 6.45) is 22.4. The van der Waals surface area contributed by atoms with Crippen LogP contribution in [-0.4, -0.2) is 23.9 Å².